The van der Waals surface area contributed by atoms with E-state index in [1.54, 1.807) is 0 Å². The third-order valence-corrected chi connectivity index (χ3v) is 5.63. The number of rotatable bonds is 8. The Morgan fingerprint density at radius 1 is 0.586 bits per heavy atom. The molecule has 0 aliphatic carbocycles. The molecule has 0 aromatic heterocycles. The highest BCUT2D eigenvalue weighted by atomic mass is 14.3. The van der Waals surface area contributed by atoms with Gasteiger partial charge in [-0.1, -0.05) is 60.2 Å². The first-order valence-electron chi connectivity index (χ1n) is 10.3. The molecule has 0 amide bonds. The van der Waals surface area contributed by atoms with E-state index in [1.807, 2.05) is 12.1 Å². The zero-order valence-corrected chi connectivity index (χ0v) is 17.7. The summed E-state index contributed by atoms with van der Waals surface area (Å²) in [5.74, 6) is 0. The molecule has 0 bridgehead atoms. The van der Waals surface area contributed by atoms with Crippen molar-refractivity contribution in [3.05, 3.63) is 105 Å². The second kappa shape index (κ2) is 9.47. The summed E-state index contributed by atoms with van der Waals surface area (Å²) in [6.07, 6.45) is 6.93. The molecule has 2 nitrogen and oxygen atoms in total. The minimum absolute atomic E-state index is 0.966. The number of hydrogen-bond acceptors (Lipinski definition) is 2. The minimum Gasteiger partial charge on any atom is -0.308 e. The van der Waals surface area contributed by atoms with Gasteiger partial charge in [-0.2, -0.15) is 0 Å². The molecule has 0 unspecified atom stereocenters. The lowest BCUT2D eigenvalue weighted by molar-refractivity contribution is 0.918. The number of aryl methyl sites for hydroxylation is 7. The standard InChI is InChI=1S/C27H30N2/c1-19-12-22(4-8-26-10-6-24(17-28)14-20(26)2)16-23(13-19)5-9-27-11-7-25(18-29)15-21(27)3/h6-7,10-18,28-29H,4-5,8-9H2,1-3H3. The summed E-state index contributed by atoms with van der Waals surface area (Å²) in [7, 11) is 0. The summed E-state index contributed by atoms with van der Waals surface area (Å²) in [5.41, 5.74) is 11.3. The van der Waals surface area contributed by atoms with Gasteiger partial charge in [-0.25, -0.2) is 0 Å². The van der Waals surface area contributed by atoms with Crippen LogP contribution >= 0.6 is 0 Å². The highest BCUT2D eigenvalue weighted by Gasteiger charge is 2.05. The van der Waals surface area contributed by atoms with Crippen LogP contribution in [0.5, 0.6) is 0 Å². The normalized spacial score (nSPS) is 10.7. The van der Waals surface area contributed by atoms with Crippen LogP contribution in [-0.2, 0) is 25.7 Å². The molecule has 0 saturated heterocycles. The predicted molar refractivity (Wildman–Crippen MR) is 124 cm³/mol. The maximum atomic E-state index is 7.39. The highest BCUT2D eigenvalue weighted by Crippen LogP contribution is 2.18. The Morgan fingerprint density at radius 3 is 1.41 bits per heavy atom. The van der Waals surface area contributed by atoms with E-state index in [4.69, 9.17) is 10.8 Å². The Bertz CT molecular complexity index is 951. The van der Waals surface area contributed by atoms with Crippen LogP contribution in [0.3, 0.4) is 0 Å². The van der Waals surface area contributed by atoms with E-state index in [1.165, 1.54) is 51.4 Å². The Balaban J connectivity index is 1.68. The van der Waals surface area contributed by atoms with Gasteiger partial charge in [0.15, 0.2) is 0 Å². The van der Waals surface area contributed by atoms with E-state index in [0.29, 0.717) is 0 Å². The average molecular weight is 383 g/mol. The fourth-order valence-electron chi connectivity index (χ4n) is 3.97. The van der Waals surface area contributed by atoms with Gasteiger partial charge in [0.25, 0.3) is 0 Å². The first-order valence-corrected chi connectivity index (χ1v) is 10.3. The van der Waals surface area contributed by atoms with Gasteiger partial charge in [0, 0.05) is 12.4 Å². The quantitative estimate of drug-likeness (QED) is 0.437. The van der Waals surface area contributed by atoms with E-state index < -0.39 is 0 Å². The molecule has 3 aromatic rings. The molecule has 0 radical (unpaired) electrons. The predicted octanol–water partition coefficient (Wildman–Crippen LogP) is 6.18. The smallest absolute Gasteiger partial charge is 0.0250 e. The molecule has 2 N–H and O–H groups in total. The first kappa shape index (κ1) is 20.7. The van der Waals surface area contributed by atoms with Gasteiger partial charge < -0.3 is 10.8 Å². The molecular weight excluding hydrogens is 352 g/mol. The van der Waals surface area contributed by atoms with Gasteiger partial charge in [-0.05, 0) is 91.0 Å². The SMILES string of the molecule is Cc1cc(CCc2ccc(C=N)cc2C)cc(CCc2ccc(C=N)cc2C)c1. The molecule has 0 heterocycles. The van der Waals surface area contributed by atoms with Crippen molar-refractivity contribution in [3.8, 4) is 0 Å². The summed E-state index contributed by atoms with van der Waals surface area (Å²) in [5, 5.41) is 14.8. The third kappa shape index (κ3) is 5.51. The van der Waals surface area contributed by atoms with Crippen molar-refractivity contribution in [3.63, 3.8) is 0 Å². The highest BCUT2D eigenvalue weighted by molar-refractivity contribution is 5.77. The van der Waals surface area contributed by atoms with Crippen molar-refractivity contribution < 1.29 is 0 Å². The maximum Gasteiger partial charge on any atom is 0.0250 e. The molecule has 0 atom stereocenters. The first-order chi connectivity index (χ1) is 14.0. The van der Waals surface area contributed by atoms with Gasteiger partial charge >= 0.3 is 0 Å². The van der Waals surface area contributed by atoms with E-state index in [9.17, 15) is 0 Å². The van der Waals surface area contributed by atoms with Crippen LogP contribution in [0.2, 0.25) is 0 Å². The molecule has 0 aliphatic heterocycles. The van der Waals surface area contributed by atoms with Crippen molar-refractivity contribution in [2.45, 2.75) is 46.5 Å². The van der Waals surface area contributed by atoms with Crippen molar-refractivity contribution in [1.29, 1.82) is 10.8 Å². The second-order valence-electron chi connectivity index (χ2n) is 7.99. The summed E-state index contributed by atoms with van der Waals surface area (Å²) in [6, 6.07) is 19.5. The van der Waals surface area contributed by atoms with Crippen LogP contribution in [0.15, 0.2) is 54.6 Å². The Kier molecular flexibility index (Phi) is 6.77. The van der Waals surface area contributed by atoms with E-state index >= 15 is 0 Å². The lowest BCUT2D eigenvalue weighted by Gasteiger charge is -2.11. The number of nitrogens with one attached hydrogen (secondary N) is 2. The van der Waals surface area contributed by atoms with Crippen LogP contribution < -0.4 is 0 Å². The lowest BCUT2D eigenvalue weighted by atomic mass is 9.94. The topological polar surface area (TPSA) is 47.7 Å². The Labute approximate surface area is 174 Å². The van der Waals surface area contributed by atoms with Gasteiger partial charge in [-0.3, -0.25) is 0 Å². The summed E-state index contributed by atoms with van der Waals surface area (Å²) < 4.78 is 0. The molecule has 0 spiro atoms. The third-order valence-electron chi connectivity index (χ3n) is 5.63. The van der Waals surface area contributed by atoms with Gasteiger partial charge in [0.05, 0.1) is 0 Å². The lowest BCUT2D eigenvalue weighted by Crippen LogP contribution is -1.99. The monoisotopic (exact) mass is 382 g/mol. The zero-order chi connectivity index (χ0) is 20.8. The van der Waals surface area contributed by atoms with Crippen molar-refractivity contribution in [2.24, 2.45) is 0 Å². The largest absolute Gasteiger partial charge is 0.308 e. The fraction of sp³-hybridized carbons (Fsp3) is 0.259. The fourth-order valence-corrected chi connectivity index (χ4v) is 3.97. The summed E-state index contributed by atoms with van der Waals surface area (Å²) in [6.45, 7) is 6.45. The Hall–Kier alpha value is -3.00. The van der Waals surface area contributed by atoms with Crippen LogP contribution in [0, 0.1) is 31.6 Å². The van der Waals surface area contributed by atoms with Crippen molar-refractivity contribution >= 4 is 12.4 Å². The molecule has 148 valence electrons. The maximum absolute atomic E-state index is 7.39. The van der Waals surface area contributed by atoms with E-state index in [2.05, 4.69) is 63.2 Å². The van der Waals surface area contributed by atoms with Crippen molar-refractivity contribution in [1.82, 2.24) is 0 Å². The van der Waals surface area contributed by atoms with Crippen molar-refractivity contribution in [2.75, 3.05) is 0 Å². The van der Waals surface area contributed by atoms with Crippen LogP contribution in [-0.4, -0.2) is 12.4 Å². The zero-order valence-electron chi connectivity index (χ0n) is 17.7. The van der Waals surface area contributed by atoms with Gasteiger partial charge in [0.2, 0.25) is 0 Å². The molecule has 0 fully saturated rings. The summed E-state index contributed by atoms with van der Waals surface area (Å²) in [4.78, 5) is 0. The minimum atomic E-state index is 0.966. The summed E-state index contributed by atoms with van der Waals surface area (Å²) >= 11 is 0. The van der Waals surface area contributed by atoms with Crippen LogP contribution in [0.25, 0.3) is 0 Å². The Morgan fingerprint density at radius 2 is 1.03 bits per heavy atom. The molecule has 3 rings (SSSR count). The van der Waals surface area contributed by atoms with E-state index in [-0.39, 0.29) is 0 Å². The van der Waals surface area contributed by atoms with Crippen LogP contribution in [0.1, 0.15) is 50.1 Å². The van der Waals surface area contributed by atoms with Gasteiger partial charge in [-0.15, -0.1) is 0 Å². The molecule has 0 saturated carbocycles. The molecule has 3 aromatic carbocycles. The van der Waals surface area contributed by atoms with E-state index in [0.717, 1.165) is 36.8 Å². The molecule has 0 aliphatic rings. The molecule has 29 heavy (non-hydrogen) atoms. The van der Waals surface area contributed by atoms with Gasteiger partial charge in [0.1, 0.15) is 0 Å². The second-order valence-corrected chi connectivity index (χ2v) is 7.99. The average Bonchev–Trinajstić information content (AvgIpc) is 2.71. The molecule has 2 heteroatoms. The van der Waals surface area contributed by atoms with Crippen LogP contribution in [0.4, 0.5) is 0 Å². The number of benzene rings is 3. The molecular formula is C27H30N2. The number of hydrogen-bond donors (Lipinski definition) is 2.